The average Bonchev–Trinajstić information content (AvgIpc) is 3.22. The van der Waals surface area contributed by atoms with Crippen molar-refractivity contribution in [2.75, 3.05) is 11.5 Å². The number of anilines is 1. The maximum absolute atomic E-state index is 13.5. The Labute approximate surface area is 195 Å². The first-order valence-electron chi connectivity index (χ1n) is 11.5. The lowest BCUT2D eigenvalue weighted by atomic mass is 10.1. The van der Waals surface area contributed by atoms with E-state index in [0.29, 0.717) is 18.5 Å². The summed E-state index contributed by atoms with van der Waals surface area (Å²) >= 11 is 0. The summed E-state index contributed by atoms with van der Waals surface area (Å²) in [5.41, 5.74) is 2.49. The Kier molecular flexibility index (Phi) is 8.60. The zero-order valence-corrected chi connectivity index (χ0v) is 19.5. The van der Waals surface area contributed by atoms with Crippen molar-refractivity contribution in [1.29, 1.82) is 0 Å². The van der Waals surface area contributed by atoms with Gasteiger partial charge in [-0.1, -0.05) is 61.9 Å². The predicted octanol–water partition coefficient (Wildman–Crippen LogP) is 3.40. The maximum Gasteiger partial charge on any atom is 0.329 e. The lowest BCUT2D eigenvalue weighted by Gasteiger charge is -2.29. The van der Waals surface area contributed by atoms with Crippen molar-refractivity contribution in [3.8, 4) is 0 Å². The van der Waals surface area contributed by atoms with E-state index >= 15 is 0 Å². The number of hydrogen-bond acceptors (Lipinski definition) is 6. The molecule has 0 radical (unpaired) electrons. The van der Waals surface area contributed by atoms with Gasteiger partial charge in [0.05, 0.1) is 12.6 Å². The van der Waals surface area contributed by atoms with Gasteiger partial charge in [0.1, 0.15) is 18.7 Å². The van der Waals surface area contributed by atoms with Crippen LogP contribution in [0.25, 0.3) is 0 Å². The number of carbonyl (C=O) groups excluding carboxylic acids is 3. The Hall–Kier alpha value is -3.19. The first-order chi connectivity index (χ1) is 16.0. The molecule has 176 valence electrons. The highest BCUT2D eigenvalue weighted by Crippen LogP contribution is 2.33. The number of carbonyl (C=O) groups is 3. The number of fused-ring (bicyclic) bond motifs is 1. The van der Waals surface area contributed by atoms with Crippen molar-refractivity contribution < 1.29 is 23.9 Å². The molecule has 0 unspecified atom stereocenters. The summed E-state index contributed by atoms with van der Waals surface area (Å²) in [4.78, 5) is 40.4. The Balaban J connectivity index is 1.76. The molecule has 33 heavy (non-hydrogen) atoms. The fourth-order valence-corrected chi connectivity index (χ4v) is 4.05. The van der Waals surface area contributed by atoms with Gasteiger partial charge in [-0.25, -0.2) is 4.79 Å². The van der Waals surface area contributed by atoms with Crippen LogP contribution in [-0.2, 0) is 36.9 Å². The van der Waals surface area contributed by atoms with Gasteiger partial charge in [-0.2, -0.15) is 0 Å². The van der Waals surface area contributed by atoms with Gasteiger partial charge in [0.2, 0.25) is 5.91 Å². The highest BCUT2D eigenvalue weighted by molar-refractivity contribution is 6.04. The lowest BCUT2D eigenvalue weighted by Crippen LogP contribution is -2.54. The highest BCUT2D eigenvalue weighted by Gasteiger charge is 2.41. The van der Waals surface area contributed by atoms with Crippen molar-refractivity contribution in [3.05, 3.63) is 65.7 Å². The molecule has 1 aliphatic heterocycles. The van der Waals surface area contributed by atoms with Crippen LogP contribution < -0.4 is 10.2 Å². The minimum Gasteiger partial charge on any atom is -0.465 e. The third kappa shape index (κ3) is 5.99. The van der Waals surface area contributed by atoms with Gasteiger partial charge in [-0.15, -0.1) is 0 Å². The third-order valence-electron chi connectivity index (χ3n) is 5.68. The van der Waals surface area contributed by atoms with Gasteiger partial charge in [0, 0.05) is 12.1 Å². The fourth-order valence-electron chi connectivity index (χ4n) is 4.05. The second-order valence-corrected chi connectivity index (χ2v) is 8.13. The molecule has 1 amide bonds. The zero-order valence-electron chi connectivity index (χ0n) is 19.5. The first kappa shape index (κ1) is 24.5. The lowest BCUT2D eigenvalue weighted by molar-refractivity contribution is -0.148. The van der Waals surface area contributed by atoms with Crippen molar-refractivity contribution in [2.24, 2.45) is 0 Å². The van der Waals surface area contributed by atoms with Crippen LogP contribution in [0.3, 0.4) is 0 Å². The topological polar surface area (TPSA) is 84.9 Å². The summed E-state index contributed by atoms with van der Waals surface area (Å²) in [6.45, 7) is 5.84. The average molecular weight is 453 g/mol. The van der Waals surface area contributed by atoms with E-state index in [0.717, 1.165) is 17.5 Å². The molecule has 3 rings (SSSR count). The molecule has 7 heteroatoms. The molecule has 0 aromatic heterocycles. The number of nitrogens with zero attached hydrogens (tertiary/aromatic N) is 1. The zero-order chi connectivity index (χ0) is 23.8. The smallest absolute Gasteiger partial charge is 0.329 e. The van der Waals surface area contributed by atoms with E-state index in [1.807, 2.05) is 61.5 Å². The van der Waals surface area contributed by atoms with Crippen LogP contribution in [0.5, 0.6) is 0 Å². The van der Waals surface area contributed by atoms with E-state index in [4.69, 9.17) is 9.47 Å². The molecule has 0 aliphatic carbocycles. The number of ether oxygens (including phenoxy) is 2. The third-order valence-corrected chi connectivity index (χ3v) is 5.68. The monoisotopic (exact) mass is 452 g/mol. The van der Waals surface area contributed by atoms with Crippen LogP contribution in [0.4, 0.5) is 5.69 Å². The molecular formula is C26H32N2O5. The molecule has 0 fully saturated rings. The summed E-state index contributed by atoms with van der Waals surface area (Å²) in [5.74, 6) is -1.11. The maximum atomic E-state index is 13.5. The summed E-state index contributed by atoms with van der Waals surface area (Å²) in [6, 6.07) is 14.9. The number of nitrogens with one attached hydrogen (secondary N) is 1. The number of amides is 1. The summed E-state index contributed by atoms with van der Waals surface area (Å²) in [5, 5.41) is 3.11. The number of benzene rings is 2. The molecule has 2 aromatic rings. The van der Waals surface area contributed by atoms with E-state index in [2.05, 4.69) is 5.32 Å². The van der Waals surface area contributed by atoms with E-state index in [1.54, 1.807) is 13.8 Å². The normalized spacial score (nSPS) is 16.6. The molecule has 1 aliphatic rings. The van der Waals surface area contributed by atoms with Crippen molar-refractivity contribution in [1.82, 2.24) is 5.32 Å². The van der Waals surface area contributed by atoms with E-state index in [9.17, 15) is 14.4 Å². The van der Waals surface area contributed by atoms with Crippen LogP contribution >= 0.6 is 0 Å². The second kappa shape index (κ2) is 11.6. The van der Waals surface area contributed by atoms with Crippen molar-refractivity contribution in [3.63, 3.8) is 0 Å². The molecule has 7 nitrogen and oxygen atoms in total. The van der Waals surface area contributed by atoms with Crippen LogP contribution in [0.1, 0.15) is 44.7 Å². The molecule has 2 aromatic carbocycles. The number of rotatable bonds is 10. The Morgan fingerprint density at radius 1 is 1.03 bits per heavy atom. The molecule has 0 saturated carbocycles. The Morgan fingerprint density at radius 3 is 2.42 bits per heavy atom. The molecule has 0 saturated heterocycles. The number of para-hydroxylation sites is 1. The van der Waals surface area contributed by atoms with Crippen LogP contribution in [0.2, 0.25) is 0 Å². The van der Waals surface area contributed by atoms with Crippen molar-refractivity contribution in [2.45, 2.75) is 64.8 Å². The summed E-state index contributed by atoms with van der Waals surface area (Å²) < 4.78 is 10.7. The first-order valence-corrected chi connectivity index (χ1v) is 11.5. The minimum absolute atomic E-state index is 0.143. The van der Waals surface area contributed by atoms with E-state index < -0.39 is 24.1 Å². The van der Waals surface area contributed by atoms with Crippen LogP contribution in [-0.4, -0.2) is 42.6 Å². The summed E-state index contributed by atoms with van der Waals surface area (Å²) in [6.07, 6.45) is 1.70. The Morgan fingerprint density at radius 2 is 1.73 bits per heavy atom. The van der Waals surface area contributed by atoms with E-state index in [-0.39, 0.29) is 25.1 Å². The Bertz CT molecular complexity index is 962. The van der Waals surface area contributed by atoms with Gasteiger partial charge >= 0.3 is 11.9 Å². The van der Waals surface area contributed by atoms with Gasteiger partial charge in [0.15, 0.2) is 0 Å². The van der Waals surface area contributed by atoms with Crippen molar-refractivity contribution >= 4 is 23.5 Å². The van der Waals surface area contributed by atoms with Gasteiger partial charge in [0.25, 0.3) is 0 Å². The standard InChI is InChI=1S/C26H32N2O5/c1-4-11-21(25(30)32-5-2)27-18(3)24(29)28-22-15-10-9-14-20(22)16-23(28)26(31)33-17-19-12-7-6-8-13-19/h6-10,12-15,18,21,23,27H,4-5,11,16-17H2,1-3H3/t18-,21-,23-/m0/s1. The molecule has 1 heterocycles. The van der Waals surface area contributed by atoms with Crippen LogP contribution in [0, 0.1) is 0 Å². The van der Waals surface area contributed by atoms with Gasteiger partial charge in [-0.05, 0) is 37.5 Å². The predicted molar refractivity (Wildman–Crippen MR) is 126 cm³/mol. The second-order valence-electron chi connectivity index (χ2n) is 8.13. The summed E-state index contributed by atoms with van der Waals surface area (Å²) in [7, 11) is 0. The van der Waals surface area contributed by atoms with Crippen LogP contribution in [0.15, 0.2) is 54.6 Å². The molecule has 0 spiro atoms. The number of esters is 2. The van der Waals surface area contributed by atoms with Gasteiger partial charge in [-0.3, -0.25) is 19.8 Å². The molecule has 1 N–H and O–H groups in total. The van der Waals surface area contributed by atoms with E-state index in [1.165, 1.54) is 4.90 Å². The number of hydrogen-bond donors (Lipinski definition) is 1. The molecule has 3 atom stereocenters. The molecule has 0 bridgehead atoms. The SMILES string of the molecule is CCC[C@H](N[C@@H](C)C(=O)N1c2ccccc2C[C@H]1C(=O)OCc1ccccc1)C(=O)OCC. The fraction of sp³-hybridized carbons (Fsp3) is 0.423. The highest BCUT2D eigenvalue weighted by atomic mass is 16.5. The largest absolute Gasteiger partial charge is 0.465 e. The molecular weight excluding hydrogens is 420 g/mol. The van der Waals surface area contributed by atoms with Gasteiger partial charge < -0.3 is 9.47 Å². The quantitative estimate of drug-likeness (QED) is 0.556. The minimum atomic E-state index is -0.755.